The van der Waals surface area contributed by atoms with Crippen LogP contribution in [0.5, 0.6) is 0 Å². The van der Waals surface area contributed by atoms with Gasteiger partial charge in [0.1, 0.15) is 0 Å². The molecule has 2 heteroatoms. The molecule has 0 heterocycles. The lowest BCUT2D eigenvalue weighted by atomic mass is 10.2. The lowest BCUT2D eigenvalue weighted by Crippen LogP contribution is -1.70. The zero-order valence-electron chi connectivity index (χ0n) is 6.41. The first kappa shape index (κ1) is 7.66. The Morgan fingerprint density at radius 2 is 2.09 bits per heavy atom. The van der Waals surface area contributed by atoms with Crippen molar-refractivity contribution >= 4 is 11.8 Å². The van der Waals surface area contributed by atoms with E-state index in [4.69, 9.17) is 5.53 Å². The van der Waals surface area contributed by atoms with E-state index in [0.717, 1.165) is 5.56 Å². The number of nitrogens with one attached hydrogen (secondary N) is 1. The number of allylic oxidation sites excluding steroid dienone is 1. The summed E-state index contributed by atoms with van der Waals surface area (Å²) in [5.41, 5.74) is 8.56. The van der Waals surface area contributed by atoms with Gasteiger partial charge in [0.15, 0.2) is 0 Å². The Balaban J connectivity index is 3.11. The lowest BCUT2D eigenvalue weighted by molar-refractivity contribution is 1.14. The second-order valence-electron chi connectivity index (χ2n) is 2.17. The van der Waals surface area contributed by atoms with Crippen molar-refractivity contribution < 1.29 is 0 Å². The Morgan fingerprint density at radius 3 is 2.73 bits per heavy atom. The molecule has 0 aliphatic heterocycles. The smallest absolute Gasteiger partial charge is 0.0922 e. The van der Waals surface area contributed by atoms with E-state index < -0.39 is 0 Å². The molecule has 0 bridgehead atoms. The minimum atomic E-state index is 0.714. The summed E-state index contributed by atoms with van der Waals surface area (Å²) >= 11 is 0. The first-order valence-corrected chi connectivity index (χ1v) is 3.47. The number of benzene rings is 1. The summed E-state index contributed by atoms with van der Waals surface area (Å²) in [7, 11) is 0. The first-order valence-electron chi connectivity index (χ1n) is 3.47. The van der Waals surface area contributed by atoms with Crippen LogP contribution in [0.1, 0.15) is 12.5 Å². The molecule has 0 radical (unpaired) electrons. The fourth-order valence-electron chi connectivity index (χ4n) is 0.910. The molecule has 11 heavy (non-hydrogen) atoms. The maximum Gasteiger partial charge on any atom is 0.0922 e. The van der Waals surface area contributed by atoms with Crippen LogP contribution in [-0.4, -0.2) is 0 Å². The molecule has 1 rings (SSSR count). The van der Waals surface area contributed by atoms with Crippen molar-refractivity contribution in [3.05, 3.63) is 35.9 Å². The van der Waals surface area contributed by atoms with Crippen LogP contribution >= 0.6 is 0 Å². The van der Waals surface area contributed by atoms with Gasteiger partial charge in [0.05, 0.1) is 5.69 Å². The van der Waals surface area contributed by atoms with Gasteiger partial charge < -0.3 is 0 Å². The van der Waals surface area contributed by atoms with Crippen LogP contribution in [0, 0.1) is 5.53 Å². The van der Waals surface area contributed by atoms with Crippen LogP contribution in [0.3, 0.4) is 0 Å². The van der Waals surface area contributed by atoms with E-state index in [1.54, 1.807) is 0 Å². The van der Waals surface area contributed by atoms with Crippen LogP contribution in [0.25, 0.3) is 6.08 Å². The zero-order valence-corrected chi connectivity index (χ0v) is 6.41. The molecule has 0 aromatic heterocycles. The van der Waals surface area contributed by atoms with Gasteiger partial charge in [-0.25, -0.2) is 5.53 Å². The summed E-state index contributed by atoms with van der Waals surface area (Å²) in [6, 6.07) is 7.57. The number of hydrogen-bond acceptors (Lipinski definition) is 2. The predicted octanol–water partition coefficient (Wildman–Crippen LogP) is 3.38. The predicted molar refractivity (Wildman–Crippen MR) is 46.0 cm³/mol. The molecule has 2 nitrogen and oxygen atoms in total. The minimum Gasteiger partial charge on any atom is -0.204 e. The molecule has 1 aromatic carbocycles. The van der Waals surface area contributed by atoms with Gasteiger partial charge in [-0.3, -0.25) is 0 Å². The van der Waals surface area contributed by atoms with Gasteiger partial charge in [-0.1, -0.05) is 30.4 Å². The van der Waals surface area contributed by atoms with Crippen LogP contribution < -0.4 is 0 Å². The van der Waals surface area contributed by atoms with Crippen molar-refractivity contribution in [1.29, 1.82) is 5.53 Å². The van der Waals surface area contributed by atoms with Crippen LogP contribution in [-0.2, 0) is 0 Å². The molecule has 0 unspecified atom stereocenters. The second-order valence-corrected chi connectivity index (χ2v) is 2.17. The standard InChI is InChI=1S/C9H10N2/c1-2-5-8-6-3-4-7-9(8)11-10/h2-7,10H,1H3/b5-2-,11-10?. The van der Waals surface area contributed by atoms with E-state index in [0.29, 0.717) is 5.69 Å². The highest BCUT2D eigenvalue weighted by Crippen LogP contribution is 2.18. The first-order chi connectivity index (χ1) is 5.38. The van der Waals surface area contributed by atoms with Gasteiger partial charge in [-0.15, -0.1) is 0 Å². The SMILES string of the molecule is C/C=C\c1ccccc1N=N. The van der Waals surface area contributed by atoms with Crippen molar-refractivity contribution in [2.75, 3.05) is 0 Å². The topological polar surface area (TPSA) is 36.2 Å². The second kappa shape index (κ2) is 3.66. The van der Waals surface area contributed by atoms with E-state index in [-0.39, 0.29) is 0 Å². The third kappa shape index (κ3) is 1.74. The van der Waals surface area contributed by atoms with E-state index in [1.807, 2.05) is 43.3 Å². The van der Waals surface area contributed by atoms with Crippen LogP contribution in [0.15, 0.2) is 35.5 Å². The maximum atomic E-state index is 6.85. The Morgan fingerprint density at radius 1 is 1.36 bits per heavy atom. The summed E-state index contributed by atoms with van der Waals surface area (Å²) in [6.45, 7) is 1.95. The molecule has 0 spiro atoms. The van der Waals surface area contributed by atoms with Gasteiger partial charge in [0.25, 0.3) is 0 Å². The number of rotatable bonds is 2. The molecule has 0 aliphatic rings. The average Bonchev–Trinajstić information content (AvgIpc) is 2.06. The van der Waals surface area contributed by atoms with E-state index >= 15 is 0 Å². The molecule has 0 fully saturated rings. The van der Waals surface area contributed by atoms with Crippen LogP contribution in [0.4, 0.5) is 5.69 Å². The Labute approximate surface area is 66.1 Å². The van der Waals surface area contributed by atoms with Gasteiger partial charge in [0.2, 0.25) is 0 Å². The normalized spacial score (nSPS) is 10.3. The van der Waals surface area contributed by atoms with Gasteiger partial charge in [-0.2, -0.15) is 5.11 Å². The van der Waals surface area contributed by atoms with Gasteiger partial charge in [-0.05, 0) is 13.0 Å². The maximum absolute atomic E-state index is 6.85. The summed E-state index contributed by atoms with van der Waals surface area (Å²) in [5, 5.41) is 3.39. The zero-order chi connectivity index (χ0) is 8.10. The third-order valence-electron chi connectivity index (χ3n) is 1.40. The summed E-state index contributed by atoms with van der Waals surface area (Å²) in [5.74, 6) is 0. The molecule has 0 atom stereocenters. The molecule has 56 valence electrons. The van der Waals surface area contributed by atoms with Gasteiger partial charge >= 0.3 is 0 Å². The molecule has 0 amide bonds. The highest BCUT2D eigenvalue weighted by molar-refractivity contribution is 5.62. The van der Waals surface area contributed by atoms with E-state index in [1.165, 1.54) is 0 Å². The molecule has 1 aromatic rings. The molecule has 1 N–H and O–H groups in total. The average molecular weight is 146 g/mol. The van der Waals surface area contributed by atoms with Crippen molar-refractivity contribution in [3.8, 4) is 0 Å². The fourth-order valence-corrected chi connectivity index (χ4v) is 0.910. The molecule has 0 saturated heterocycles. The van der Waals surface area contributed by atoms with Crippen molar-refractivity contribution in [1.82, 2.24) is 0 Å². The number of hydrogen-bond donors (Lipinski definition) is 1. The molecular weight excluding hydrogens is 136 g/mol. The highest BCUT2D eigenvalue weighted by atomic mass is 15.0. The van der Waals surface area contributed by atoms with Crippen molar-refractivity contribution in [2.24, 2.45) is 5.11 Å². The van der Waals surface area contributed by atoms with Crippen molar-refractivity contribution in [3.63, 3.8) is 0 Å². The van der Waals surface area contributed by atoms with Crippen LogP contribution in [0.2, 0.25) is 0 Å². The largest absolute Gasteiger partial charge is 0.204 e. The van der Waals surface area contributed by atoms with Gasteiger partial charge in [0, 0.05) is 5.56 Å². The molecule has 0 aliphatic carbocycles. The van der Waals surface area contributed by atoms with E-state index in [9.17, 15) is 0 Å². The number of nitrogens with zero attached hydrogens (tertiary/aromatic N) is 1. The molecular formula is C9H10N2. The lowest BCUT2D eigenvalue weighted by Gasteiger charge is -1.95. The minimum absolute atomic E-state index is 0.714. The third-order valence-corrected chi connectivity index (χ3v) is 1.40. The number of para-hydroxylation sites is 1. The van der Waals surface area contributed by atoms with E-state index in [2.05, 4.69) is 5.11 Å². The summed E-state index contributed by atoms with van der Waals surface area (Å²) in [6.07, 6.45) is 3.87. The Hall–Kier alpha value is -1.44. The summed E-state index contributed by atoms with van der Waals surface area (Å²) < 4.78 is 0. The highest BCUT2D eigenvalue weighted by Gasteiger charge is 1.92. The Kier molecular flexibility index (Phi) is 2.55. The fraction of sp³-hybridized carbons (Fsp3) is 0.111. The quantitative estimate of drug-likeness (QED) is 0.621. The van der Waals surface area contributed by atoms with Crippen molar-refractivity contribution in [2.45, 2.75) is 6.92 Å². The monoisotopic (exact) mass is 146 g/mol. The Bertz CT molecular complexity index is 277. The summed E-state index contributed by atoms with van der Waals surface area (Å²) in [4.78, 5) is 0. The molecule has 0 saturated carbocycles.